The summed E-state index contributed by atoms with van der Waals surface area (Å²) in [6, 6.07) is 13.4. The third kappa shape index (κ3) is 4.66. The second kappa shape index (κ2) is 10.2. The standard InChI is InChI=1S/C25H29N3O4S/c1-31-19-7-8-22(23(15-19)32-2)27-24(30)25(10-13-33-14-11-25)28(17-29)12-9-18-16-26-21-6-4-3-5-20(18)21/h3-8,15-17,26H,9-14H2,1-2H3,(H,27,30). The lowest BCUT2D eigenvalue weighted by atomic mass is 9.88. The average Bonchev–Trinajstić information content (AvgIpc) is 3.28. The Morgan fingerprint density at radius 3 is 2.70 bits per heavy atom. The van der Waals surface area contributed by atoms with Crippen LogP contribution in [0.2, 0.25) is 0 Å². The summed E-state index contributed by atoms with van der Waals surface area (Å²) in [4.78, 5) is 30.9. The predicted molar refractivity (Wildman–Crippen MR) is 132 cm³/mol. The summed E-state index contributed by atoms with van der Waals surface area (Å²) in [7, 11) is 3.13. The van der Waals surface area contributed by atoms with E-state index in [1.54, 1.807) is 37.3 Å². The van der Waals surface area contributed by atoms with E-state index in [0.717, 1.165) is 34.4 Å². The van der Waals surface area contributed by atoms with Gasteiger partial charge in [-0.25, -0.2) is 0 Å². The van der Waals surface area contributed by atoms with Gasteiger partial charge in [0.15, 0.2) is 0 Å². The highest BCUT2D eigenvalue weighted by Crippen LogP contribution is 2.36. The first kappa shape index (κ1) is 23.0. The van der Waals surface area contributed by atoms with Crippen LogP contribution in [0.1, 0.15) is 18.4 Å². The average molecular weight is 468 g/mol. The normalized spacial score (nSPS) is 15.1. The zero-order valence-corrected chi connectivity index (χ0v) is 19.7. The van der Waals surface area contributed by atoms with Gasteiger partial charge in [-0.15, -0.1) is 0 Å². The largest absolute Gasteiger partial charge is 0.497 e. The monoisotopic (exact) mass is 467 g/mol. The number of thioether (sulfide) groups is 1. The number of amides is 2. The fourth-order valence-corrected chi connectivity index (χ4v) is 5.61. The van der Waals surface area contributed by atoms with Gasteiger partial charge >= 0.3 is 0 Å². The molecule has 0 bridgehead atoms. The Kier molecular flexibility index (Phi) is 7.13. The second-order valence-corrected chi connectivity index (χ2v) is 9.30. The van der Waals surface area contributed by atoms with Crippen LogP contribution in [0.15, 0.2) is 48.7 Å². The summed E-state index contributed by atoms with van der Waals surface area (Å²) >= 11 is 1.81. The van der Waals surface area contributed by atoms with E-state index in [2.05, 4.69) is 16.4 Å². The lowest BCUT2D eigenvalue weighted by Crippen LogP contribution is -2.58. The molecule has 0 unspecified atom stereocenters. The molecule has 2 amide bonds. The number of nitrogens with zero attached hydrogens (tertiary/aromatic N) is 1. The molecule has 0 atom stereocenters. The molecule has 33 heavy (non-hydrogen) atoms. The Balaban J connectivity index is 1.57. The fourth-order valence-electron chi connectivity index (χ4n) is 4.44. The number of methoxy groups -OCH3 is 2. The number of para-hydroxylation sites is 1. The Morgan fingerprint density at radius 2 is 1.97 bits per heavy atom. The first-order valence-electron chi connectivity index (χ1n) is 11.0. The van der Waals surface area contributed by atoms with Gasteiger partial charge in [-0.2, -0.15) is 11.8 Å². The zero-order chi connectivity index (χ0) is 23.3. The summed E-state index contributed by atoms with van der Waals surface area (Å²) in [5.74, 6) is 2.62. The van der Waals surface area contributed by atoms with Gasteiger partial charge in [0.05, 0.1) is 19.9 Å². The lowest BCUT2D eigenvalue weighted by molar-refractivity contribution is -0.137. The van der Waals surface area contributed by atoms with Crippen LogP contribution in [0.4, 0.5) is 5.69 Å². The van der Waals surface area contributed by atoms with Crippen molar-refractivity contribution >= 4 is 40.7 Å². The number of nitrogens with one attached hydrogen (secondary N) is 2. The van der Waals surface area contributed by atoms with Gasteiger partial charge in [0.25, 0.3) is 5.91 Å². The molecule has 2 heterocycles. The van der Waals surface area contributed by atoms with E-state index in [-0.39, 0.29) is 5.91 Å². The van der Waals surface area contributed by atoms with E-state index in [0.29, 0.717) is 43.0 Å². The summed E-state index contributed by atoms with van der Waals surface area (Å²) in [6.45, 7) is 0.461. The number of benzene rings is 2. The van der Waals surface area contributed by atoms with Crippen molar-refractivity contribution in [2.24, 2.45) is 0 Å². The van der Waals surface area contributed by atoms with Crippen LogP contribution < -0.4 is 14.8 Å². The highest BCUT2D eigenvalue weighted by molar-refractivity contribution is 7.99. The smallest absolute Gasteiger partial charge is 0.250 e. The molecule has 3 aromatic rings. The van der Waals surface area contributed by atoms with E-state index < -0.39 is 5.54 Å². The zero-order valence-electron chi connectivity index (χ0n) is 18.9. The van der Waals surface area contributed by atoms with Gasteiger partial charge < -0.3 is 24.7 Å². The van der Waals surface area contributed by atoms with Crippen molar-refractivity contribution in [3.8, 4) is 11.5 Å². The minimum atomic E-state index is -0.899. The highest BCUT2D eigenvalue weighted by Gasteiger charge is 2.44. The Morgan fingerprint density at radius 1 is 1.18 bits per heavy atom. The molecule has 2 N–H and O–H groups in total. The summed E-state index contributed by atoms with van der Waals surface area (Å²) in [5.41, 5.74) is 1.86. The molecular formula is C25H29N3O4S. The maximum atomic E-state index is 13.7. The van der Waals surface area contributed by atoms with Crippen LogP contribution in [0.5, 0.6) is 11.5 Å². The fraction of sp³-hybridized carbons (Fsp3) is 0.360. The van der Waals surface area contributed by atoms with Crippen LogP contribution in [0.3, 0.4) is 0 Å². The number of H-pyrrole nitrogens is 1. The molecule has 8 heteroatoms. The molecule has 1 saturated heterocycles. The van der Waals surface area contributed by atoms with Crippen molar-refractivity contribution in [3.05, 3.63) is 54.2 Å². The number of fused-ring (bicyclic) bond motifs is 1. The van der Waals surface area contributed by atoms with Crippen molar-refractivity contribution in [1.82, 2.24) is 9.88 Å². The molecule has 2 aromatic carbocycles. The quantitative estimate of drug-likeness (QED) is 0.463. The highest BCUT2D eigenvalue weighted by atomic mass is 32.2. The molecule has 0 saturated carbocycles. The van der Waals surface area contributed by atoms with E-state index >= 15 is 0 Å². The van der Waals surface area contributed by atoms with Gasteiger partial charge in [-0.3, -0.25) is 9.59 Å². The van der Waals surface area contributed by atoms with Crippen LogP contribution in [0, 0.1) is 0 Å². The minimum absolute atomic E-state index is 0.183. The lowest BCUT2D eigenvalue weighted by Gasteiger charge is -2.43. The topological polar surface area (TPSA) is 83.7 Å². The van der Waals surface area contributed by atoms with Gasteiger partial charge in [-0.1, -0.05) is 18.2 Å². The Bertz CT molecular complexity index is 1120. The van der Waals surface area contributed by atoms with Gasteiger partial charge in [0, 0.05) is 29.7 Å². The number of aromatic amines is 1. The molecule has 174 valence electrons. The van der Waals surface area contributed by atoms with Gasteiger partial charge in [-0.05, 0) is 54.5 Å². The van der Waals surface area contributed by atoms with Crippen LogP contribution in [0.25, 0.3) is 10.9 Å². The van der Waals surface area contributed by atoms with Crippen molar-refractivity contribution < 1.29 is 19.1 Å². The van der Waals surface area contributed by atoms with Crippen LogP contribution >= 0.6 is 11.8 Å². The number of hydrogen-bond donors (Lipinski definition) is 2. The Hall–Kier alpha value is -3.13. The number of ether oxygens (including phenoxy) is 2. The summed E-state index contributed by atoms with van der Waals surface area (Å²) in [6.07, 6.45) is 4.69. The predicted octanol–water partition coefficient (Wildman–Crippen LogP) is 4.09. The van der Waals surface area contributed by atoms with Crippen LogP contribution in [-0.4, -0.2) is 60.0 Å². The molecule has 4 rings (SSSR count). The van der Waals surface area contributed by atoms with Crippen molar-refractivity contribution in [3.63, 3.8) is 0 Å². The number of hydrogen-bond acceptors (Lipinski definition) is 5. The number of rotatable bonds is 9. The molecule has 0 spiro atoms. The first-order valence-corrected chi connectivity index (χ1v) is 12.1. The van der Waals surface area contributed by atoms with E-state index in [1.165, 1.54) is 0 Å². The molecule has 7 nitrogen and oxygen atoms in total. The van der Waals surface area contributed by atoms with Crippen molar-refractivity contribution in [1.29, 1.82) is 0 Å². The summed E-state index contributed by atoms with van der Waals surface area (Å²) < 4.78 is 10.7. The van der Waals surface area contributed by atoms with Crippen LogP contribution in [-0.2, 0) is 16.0 Å². The first-order chi connectivity index (χ1) is 16.1. The molecule has 0 radical (unpaired) electrons. The van der Waals surface area contributed by atoms with Gasteiger partial charge in [0.1, 0.15) is 17.0 Å². The number of carbonyl (C=O) groups excluding carboxylic acids is 2. The molecular weight excluding hydrogens is 438 g/mol. The van der Waals surface area contributed by atoms with E-state index in [4.69, 9.17) is 9.47 Å². The summed E-state index contributed by atoms with van der Waals surface area (Å²) in [5, 5.41) is 4.17. The third-order valence-corrected chi connectivity index (χ3v) is 7.36. The third-order valence-electron chi connectivity index (χ3n) is 6.37. The SMILES string of the molecule is COc1ccc(NC(=O)C2(N(C=O)CCc3c[nH]c4ccccc34)CCSCC2)c(OC)c1. The van der Waals surface area contributed by atoms with Crippen molar-refractivity contribution in [2.45, 2.75) is 24.8 Å². The van der Waals surface area contributed by atoms with E-state index in [9.17, 15) is 9.59 Å². The molecule has 1 aliphatic rings. The Labute approximate surface area is 197 Å². The molecule has 1 fully saturated rings. The number of carbonyl (C=O) groups is 2. The maximum Gasteiger partial charge on any atom is 0.250 e. The molecule has 0 aliphatic carbocycles. The molecule has 1 aromatic heterocycles. The number of aromatic nitrogens is 1. The minimum Gasteiger partial charge on any atom is -0.497 e. The molecule has 1 aliphatic heterocycles. The van der Waals surface area contributed by atoms with Crippen molar-refractivity contribution in [2.75, 3.05) is 37.6 Å². The number of anilines is 1. The van der Waals surface area contributed by atoms with E-state index in [1.807, 2.05) is 36.2 Å². The maximum absolute atomic E-state index is 13.7. The second-order valence-electron chi connectivity index (χ2n) is 8.07. The van der Waals surface area contributed by atoms with Gasteiger partial charge in [0.2, 0.25) is 6.41 Å².